The van der Waals surface area contributed by atoms with E-state index in [0.29, 0.717) is 0 Å². The van der Waals surface area contributed by atoms with Crippen LogP contribution in [0.15, 0.2) is 136 Å². The largest absolute Gasteiger partial charge is 0.294 e. The predicted octanol–water partition coefficient (Wildman–Crippen LogP) is 10.8. The predicted molar refractivity (Wildman–Crippen MR) is 217 cm³/mol. The summed E-state index contributed by atoms with van der Waals surface area (Å²) in [5.41, 5.74) is 8.82. The maximum atomic E-state index is 12.0. The normalized spacial score (nSPS) is 16.4. The third-order valence-corrected chi connectivity index (χ3v) is 13.5. The summed E-state index contributed by atoms with van der Waals surface area (Å²) in [5, 5.41) is 0. The van der Waals surface area contributed by atoms with E-state index in [-0.39, 0.29) is 9.79 Å². The lowest BCUT2D eigenvalue weighted by Crippen LogP contribution is -2.28. The van der Waals surface area contributed by atoms with Crippen molar-refractivity contribution in [2.45, 2.75) is 49.3 Å². The zero-order valence-electron chi connectivity index (χ0n) is 29.4. The van der Waals surface area contributed by atoms with E-state index in [0.717, 1.165) is 65.2 Å². The molecule has 0 saturated heterocycles. The fourth-order valence-electron chi connectivity index (χ4n) is 7.03. The van der Waals surface area contributed by atoms with Gasteiger partial charge in [-0.15, -0.1) is 11.3 Å². The number of benzene rings is 3. The molecule has 11 heteroatoms. The molecule has 0 bridgehead atoms. The van der Waals surface area contributed by atoms with Gasteiger partial charge in [0.1, 0.15) is 0 Å². The molecule has 7 nitrogen and oxygen atoms in total. The van der Waals surface area contributed by atoms with Gasteiger partial charge >= 0.3 is 0 Å². The molecule has 5 aromatic rings. The van der Waals surface area contributed by atoms with E-state index in [4.69, 9.17) is 0 Å². The van der Waals surface area contributed by atoms with E-state index in [1.165, 1.54) is 29.5 Å². The van der Waals surface area contributed by atoms with Crippen LogP contribution in [0.3, 0.4) is 0 Å². The highest BCUT2D eigenvalue weighted by atomic mass is 32.2. The number of hydrogen-bond donors (Lipinski definition) is 2. The second-order valence-corrected chi connectivity index (χ2v) is 18.5. The molecule has 7 rings (SSSR count). The Morgan fingerprint density at radius 2 is 1.36 bits per heavy atom. The number of rotatable bonds is 9. The molecule has 0 atom stereocenters. The molecule has 0 saturated carbocycles. The molecule has 2 aliphatic rings. The summed E-state index contributed by atoms with van der Waals surface area (Å²) >= 11 is 3.28. The van der Waals surface area contributed by atoms with Crippen LogP contribution in [0.5, 0.6) is 0 Å². The highest BCUT2D eigenvalue weighted by molar-refractivity contribution is 7.86. The molecule has 2 aromatic heterocycles. The summed E-state index contributed by atoms with van der Waals surface area (Å²) < 4.78 is 68.6. The van der Waals surface area contributed by atoms with Crippen LogP contribution in [-0.4, -0.2) is 36.2 Å². The smallest absolute Gasteiger partial charge is 0.282 e. The van der Waals surface area contributed by atoms with E-state index < -0.39 is 25.7 Å². The van der Waals surface area contributed by atoms with Gasteiger partial charge in [0.05, 0.1) is 20.8 Å². The summed E-state index contributed by atoms with van der Waals surface area (Å²) in [6.45, 7) is 8.47. The van der Waals surface area contributed by atoms with Gasteiger partial charge in [0.25, 0.3) is 20.2 Å². The Balaban J connectivity index is 1.16. The summed E-state index contributed by atoms with van der Waals surface area (Å²) in [5.74, 6) is 0. The minimum absolute atomic E-state index is 0.0999. The van der Waals surface area contributed by atoms with Gasteiger partial charge in [-0.25, -0.2) is 0 Å². The van der Waals surface area contributed by atoms with Gasteiger partial charge in [-0.1, -0.05) is 43.4 Å². The molecule has 0 spiro atoms. The Bertz CT molecular complexity index is 2660. The van der Waals surface area contributed by atoms with Crippen molar-refractivity contribution in [3.63, 3.8) is 0 Å². The highest BCUT2D eigenvalue weighted by Crippen LogP contribution is 2.50. The molecule has 268 valence electrons. The van der Waals surface area contributed by atoms with Gasteiger partial charge in [-0.2, -0.15) is 21.4 Å². The molecule has 53 heavy (non-hydrogen) atoms. The van der Waals surface area contributed by atoms with Crippen molar-refractivity contribution in [1.82, 2.24) is 0 Å². The van der Waals surface area contributed by atoms with E-state index >= 15 is 0 Å². The lowest BCUT2D eigenvalue weighted by Gasteiger charge is -2.18. The molecular formula is C42H37NO6S4+2. The molecule has 0 fully saturated rings. The number of fused-ring (bicyclic) bond motifs is 2. The van der Waals surface area contributed by atoms with Crippen LogP contribution < -0.4 is 0 Å². The molecule has 0 unspecified atom stereocenters. The van der Waals surface area contributed by atoms with Crippen LogP contribution in [0, 0.1) is 0 Å². The molecule has 3 aromatic carbocycles. The van der Waals surface area contributed by atoms with Crippen molar-refractivity contribution in [3.8, 4) is 20.9 Å². The van der Waals surface area contributed by atoms with Crippen LogP contribution >= 0.6 is 22.7 Å². The standard InChI is InChI=1S/C42H35NO6S4/c1-5-37-27(2)35(41-42(3,4)36-26-34(53(47,48)49)21-22-38(36)43(37)41)25-32-18-17-31(50-32)14-10-9-11-28-23-39(29-12-7-6-8-13-29)51-40(24-28)30-15-19-33(20-16-30)52(44,45)46/h6-26H,5H2,1-4H3/p+2/b35-25-. The van der Waals surface area contributed by atoms with Gasteiger partial charge in [0.15, 0.2) is 5.70 Å². The summed E-state index contributed by atoms with van der Waals surface area (Å²) in [6, 6.07) is 29.6. The van der Waals surface area contributed by atoms with Crippen LogP contribution in [0.1, 0.15) is 55.0 Å². The minimum Gasteiger partial charge on any atom is -0.282 e. The highest BCUT2D eigenvalue weighted by Gasteiger charge is 2.53. The Kier molecular flexibility index (Phi) is 9.69. The van der Waals surface area contributed by atoms with Gasteiger partial charge in [0, 0.05) is 56.6 Å². The third-order valence-electron chi connectivity index (χ3n) is 9.60. The van der Waals surface area contributed by atoms with Crippen LogP contribution in [0.4, 0.5) is 5.69 Å². The van der Waals surface area contributed by atoms with Crippen molar-refractivity contribution >= 4 is 72.5 Å². The lowest BCUT2D eigenvalue weighted by atomic mass is 9.77. The summed E-state index contributed by atoms with van der Waals surface area (Å²) in [4.78, 5) is 3.96. The second kappa shape index (κ2) is 14.0. The maximum Gasteiger partial charge on any atom is 0.294 e. The number of thiophene rings is 1. The average molecular weight is 780 g/mol. The van der Waals surface area contributed by atoms with Crippen molar-refractivity contribution in [2.75, 3.05) is 0 Å². The van der Waals surface area contributed by atoms with E-state index in [1.54, 1.807) is 46.9 Å². The van der Waals surface area contributed by atoms with Crippen LogP contribution in [-0.2, 0) is 25.7 Å². The fourth-order valence-corrected chi connectivity index (χ4v) is 10.0. The van der Waals surface area contributed by atoms with Gasteiger partial charge in [-0.05, 0) is 99.2 Å². The summed E-state index contributed by atoms with van der Waals surface area (Å²) in [7, 11) is -8.61. The minimum atomic E-state index is -4.33. The lowest BCUT2D eigenvalue weighted by molar-refractivity contribution is -0.380. The van der Waals surface area contributed by atoms with Gasteiger partial charge in [0.2, 0.25) is 32.5 Å². The van der Waals surface area contributed by atoms with Crippen LogP contribution in [0.2, 0.25) is 0 Å². The van der Waals surface area contributed by atoms with Gasteiger partial charge < -0.3 is 0 Å². The topological polar surface area (TPSA) is 112 Å². The zero-order valence-corrected chi connectivity index (χ0v) is 32.7. The molecule has 0 amide bonds. The molecule has 0 aliphatic carbocycles. The molecular weight excluding hydrogens is 743 g/mol. The Hall–Kier alpha value is -4.62. The number of allylic oxidation sites excluding steroid dienone is 5. The van der Waals surface area contributed by atoms with Gasteiger partial charge in [-0.3, -0.25) is 9.11 Å². The Labute approximate surface area is 318 Å². The first kappa shape index (κ1) is 36.7. The average Bonchev–Trinajstić information content (AvgIpc) is 3.77. The summed E-state index contributed by atoms with van der Waals surface area (Å²) in [6.07, 6.45) is 11.2. The van der Waals surface area contributed by atoms with Crippen molar-refractivity contribution < 1.29 is 30.5 Å². The zero-order chi connectivity index (χ0) is 37.7. The fraction of sp³-hybridized carbons (Fsp3) is 0.143. The van der Waals surface area contributed by atoms with Crippen LogP contribution in [0.25, 0.3) is 39.1 Å². The first-order chi connectivity index (χ1) is 25.1. The monoisotopic (exact) mass is 779 g/mol. The number of nitrogens with zero attached hydrogens (tertiary/aromatic N) is 1. The first-order valence-corrected chi connectivity index (χ1v) is 21.4. The molecule has 4 heterocycles. The molecule has 2 aliphatic heterocycles. The third kappa shape index (κ3) is 7.20. The van der Waals surface area contributed by atoms with Crippen molar-refractivity contribution in [3.05, 3.63) is 147 Å². The second-order valence-electron chi connectivity index (χ2n) is 13.4. The van der Waals surface area contributed by atoms with Crippen molar-refractivity contribution in [2.24, 2.45) is 0 Å². The molecule has 2 N–H and O–H groups in total. The first-order valence-electron chi connectivity index (χ1n) is 16.9. The Morgan fingerprint density at radius 1 is 0.755 bits per heavy atom. The van der Waals surface area contributed by atoms with E-state index in [1.807, 2.05) is 36.4 Å². The van der Waals surface area contributed by atoms with E-state index in [2.05, 4.69) is 80.8 Å². The van der Waals surface area contributed by atoms with Crippen molar-refractivity contribution in [1.29, 1.82) is 0 Å². The molecule has 0 radical (unpaired) electrons. The number of hydrogen-bond acceptors (Lipinski definition) is 5. The quantitative estimate of drug-likeness (QED) is 0.0667. The Morgan fingerprint density at radius 3 is 2.00 bits per heavy atom. The van der Waals surface area contributed by atoms with E-state index in [9.17, 15) is 25.9 Å². The maximum absolute atomic E-state index is 12.0. The SMILES string of the molecule is CCC1=C(C)/C(=C/c2ccc(/C=C/C=C/c3cc(-c4ccccc4)[s+]c(-c4ccc(S(=O)(=O)O)cc4)c3)s2)C2=[N+]1c1ccc(S(=O)(=O)O)cc1C2(C)C.